The fraction of sp³-hybridized carbons (Fsp3) is 0.241. The van der Waals surface area contributed by atoms with Gasteiger partial charge >= 0.3 is 0 Å². The quantitative estimate of drug-likeness (QED) is 0.352. The molecule has 5 rings (SSSR count). The molecule has 0 saturated carbocycles. The van der Waals surface area contributed by atoms with Crippen LogP contribution in [-0.4, -0.2) is 39.9 Å². The summed E-state index contributed by atoms with van der Waals surface area (Å²) < 4.78 is 28.3. The summed E-state index contributed by atoms with van der Waals surface area (Å²) in [6.45, 7) is 1.08. The lowest BCUT2D eigenvalue weighted by molar-refractivity contribution is 0.319. The second-order valence-corrected chi connectivity index (χ2v) is 11.2. The Hall–Kier alpha value is -3.15. The van der Waals surface area contributed by atoms with Crippen molar-refractivity contribution >= 4 is 26.5 Å². The van der Waals surface area contributed by atoms with Crippen LogP contribution in [0.3, 0.4) is 0 Å². The number of fused-ring (bicyclic) bond motifs is 1. The summed E-state index contributed by atoms with van der Waals surface area (Å²) in [5.41, 5.74) is 4.86. The third-order valence-corrected chi connectivity index (χ3v) is 8.76. The highest BCUT2D eigenvalue weighted by Crippen LogP contribution is 2.34. The van der Waals surface area contributed by atoms with Crippen molar-refractivity contribution < 1.29 is 8.42 Å². The minimum Gasteiger partial charge on any atom is -0.378 e. The molecule has 1 aliphatic heterocycles. The van der Waals surface area contributed by atoms with Crippen LogP contribution in [-0.2, 0) is 10.0 Å². The molecule has 0 atom stereocenters. The van der Waals surface area contributed by atoms with E-state index in [0.717, 1.165) is 23.6 Å². The lowest BCUT2D eigenvalue weighted by Gasteiger charge is -2.31. The molecule has 0 unspecified atom stereocenters. The molecule has 4 nitrogen and oxygen atoms in total. The summed E-state index contributed by atoms with van der Waals surface area (Å²) >= 11 is 0. The van der Waals surface area contributed by atoms with E-state index >= 15 is 0 Å². The van der Waals surface area contributed by atoms with Gasteiger partial charge in [0.2, 0.25) is 10.0 Å². The summed E-state index contributed by atoms with van der Waals surface area (Å²) in [5.74, 6) is 0.361. The second kappa shape index (κ2) is 9.24. The molecule has 174 valence electrons. The van der Waals surface area contributed by atoms with E-state index in [9.17, 15) is 8.42 Å². The maximum Gasteiger partial charge on any atom is 0.243 e. The fourth-order valence-electron chi connectivity index (χ4n) is 4.84. The first-order valence-corrected chi connectivity index (χ1v) is 13.2. The van der Waals surface area contributed by atoms with Crippen molar-refractivity contribution in [2.24, 2.45) is 0 Å². The van der Waals surface area contributed by atoms with Gasteiger partial charge in [-0.2, -0.15) is 4.31 Å². The van der Waals surface area contributed by atoms with Crippen LogP contribution >= 0.6 is 0 Å². The number of sulfonamides is 1. The first-order valence-electron chi connectivity index (χ1n) is 11.8. The van der Waals surface area contributed by atoms with Crippen LogP contribution in [0, 0.1) is 0 Å². The van der Waals surface area contributed by atoms with Crippen LogP contribution in [0.25, 0.3) is 21.9 Å². The Kier molecular flexibility index (Phi) is 6.15. The number of nitrogens with zero attached hydrogens (tertiary/aromatic N) is 2. The van der Waals surface area contributed by atoms with E-state index in [2.05, 4.69) is 67.5 Å². The first-order chi connectivity index (χ1) is 16.4. The number of benzene rings is 4. The van der Waals surface area contributed by atoms with E-state index in [1.807, 2.05) is 30.3 Å². The monoisotopic (exact) mass is 470 g/mol. The summed E-state index contributed by atoms with van der Waals surface area (Å²) in [7, 11) is 0.607. The van der Waals surface area contributed by atoms with Crippen molar-refractivity contribution in [1.29, 1.82) is 0 Å². The van der Waals surface area contributed by atoms with Gasteiger partial charge in [0.15, 0.2) is 0 Å². The normalized spacial score (nSPS) is 15.5. The van der Waals surface area contributed by atoms with Crippen LogP contribution in [0.2, 0.25) is 0 Å². The zero-order chi connectivity index (χ0) is 23.7. The Morgan fingerprint density at radius 2 is 1.41 bits per heavy atom. The van der Waals surface area contributed by atoms with Crippen molar-refractivity contribution in [2.75, 3.05) is 32.1 Å². The largest absolute Gasteiger partial charge is 0.378 e. The molecule has 34 heavy (non-hydrogen) atoms. The van der Waals surface area contributed by atoms with Crippen LogP contribution < -0.4 is 4.90 Å². The lowest BCUT2D eigenvalue weighted by Crippen LogP contribution is -2.37. The van der Waals surface area contributed by atoms with Gasteiger partial charge in [-0.05, 0) is 70.5 Å². The van der Waals surface area contributed by atoms with Crippen molar-refractivity contribution in [3.63, 3.8) is 0 Å². The molecule has 5 heteroatoms. The van der Waals surface area contributed by atoms with Crippen LogP contribution in [0.5, 0.6) is 0 Å². The highest BCUT2D eigenvalue weighted by molar-refractivity contribution is 7.89. The number of anilines is 1. The van der Waals surface area contributed by atoms with E-state index in [1.165, 1.54) is 22.4 Å². The van der Waals surface area contributed by atoms with Crippen molar-refractivity contribution in [3.05, 3.63) is 96.6 Å². The molecular formula is C29H30N2O2S. The number of piperidine rings is 1. The Labute approximate surface area is 202 Å². The zero-order valence-corrected chi connectivity index (χ0v) is 20.5. The number of rotatable bonds is 5. The summed E-state index contributed by atoms with van der Waals surface area (Å²) in [4.78, 5) is 2.49. The molecule has 1 aliphatic rings. The first kappa shape index (κ1) is 22.6. The molecule has 0 N–H and O–H groups in total. The van der Waals surface area contributed by atoms with Crippen molar-refractivity contribution in [3.8, 4) is 11.1 Å². The Morgan fingerprint density at radius 3 is 2.15 bits per heavy atom. The topological polar surface area (TPSA) is 40.6 Å². The minimum absolute atomic E-state index is 0.361. The Bertz CT molecular complexity index is 1420. The average Bonchev–Trinajstić information content (AvgIpc) is 2.88. The van der Waals surface area contributed by atoms with Crippen LogP contribution in [0.4, 0.5) is 5.69 Å². The van der Waals surface area contributed by atoms with Crippen molar-refractivity contribution in [2.45, 2.75) is 23.7 Å². The van der Waals surface area contributed by atoms with Gasteiger partial charge in [-0.15, -0.1) is 0 Å². The van der Waals surface area contributed by atoms with Gasteiger partial charge in [-0.3, -0.25) is 0 Å². The molecule has 4 aromatic rings. The lowest BCUT2D eigenvalue weighted by atomic mass is 9.88. The second-order valence-electron chi connectivity index (χ2n) is 9.26. The highest BCUT2D eigenvalue weighted by atomic mass is 32.2. The Balaban J connectivity index is 1.32. The zero-order valence-electron chi connectivity index (χ0n) is 19.7. The summed E-state index contributed by atoms with van der Waals surface area (Å²) in [6.07, 6.45) is 1.65. The van der Waals surface area contributed by atoms with Gasteiger partial charge in [0.1, 0.15) is 0 Å². The predicted molar refractivity (Wildman–Crippen MR) is 141 cm³/mol. The summed E-state index contributed by atoms with van der Waals surface area (Å²) in [5, 5.41) is 2.00. The molecule has 0 spiro atoms. The van der Waals surface area contributed by atoms with Gasteiger partial charge in [0, 0.05) is 32.9 Å². The van der Waals surface area contributed by atoms with Crippen LogP contribution in [0.15, 0.2) is 95.9 Å². The van der Waals surface area contributed by atoms with E-state index in [-0.39, 0.29) is 0 Å². The number of hydrogen-bond donors (Lipinski definition) is 0. The molecule has 0 aliphatic carbocycles. The Morgan fingerprint density at radius 1 is 0.735 bits per heavy atom. The predicted octanol–water partition coefficient (Wildman–Crippen LogP) is 6.14. The van der Waals surface area contributed by atoms with E-state index < -0.39 is 10.0 Å². The minimum atomic E-state index is -3.49. The molecule has 0 bridgehead atoms. The van der Waals surface area contributed by atoms with E-state index in [1.54, 1.807) is 16.4 Å². The summed E-state index contributed by atoms with van der Waals surface area (Å²) in [6, 6.07) is 30.6. The van der Waals surface area contributed by atoms with Gasteiger partial charge in [0.05, 0.1) is 4.90 Å². The maximum atomic E-state index is 13.3. The molecule has 0 amide bonds. The van der Waals surface area contributed by atoms with Gasteiger partial charge in [-0.1, -0.05) is 66.7 Å². The highest BCUT2D eigenvalue weighted by Gasteiger charge is 2.30. The molecule has 0 radical (unpaired) electrons. The SMILES string of the molecule is CN(C)c1cccc(-c2cccc(C3CCN(S(=O)(=O)c4ccc5ccccc5c4)CC3)c2)c1. The smallest absolute Gasteiger partial charge is 0.243 e. The van der Waals surface area contributed by atoms with Gasteiger partial charge in [-0.25, -0.2) is 8.42 Å². The molecule has 4 aromatic carbocycles. The molecule has 1 fully saturated rings. The average molecular weight is 471 g/mol. The molecule has 1 saturated heterocycles. The standard InChI is InChI=1S/C29H30N2O2S/c1-30(2)28-12-6-11-26(20-28)25-10-5-9-24(19-25)23-15-17-31(18-16-23)34(32,33)29-14-13-22-7-3-4-8-27(22)21-29/h3-14,19-21,23H,15-18H2,1-2H3. The van der Waals surface area contributed by atoms with E-state index in [0.29, 0.717) is 23.9 Å². The third-order valence-electron chi connectivity index (χ3n) is 6.87. The molecule has 1 heterocycles. The fourth-order valence-corrected chi connectivity index (χ4v) is 6.35. The maximum absolute atomic E-state index is 13.3. The van der Waals surface area contributed by atoms with Gasteiger partial charge < -0.3 is 4.90 Å². The molecular weight excluding hydrogens is 440 g/mol. The van der Waals surface area contributed by atoms with Gasteiger partial charge in [0.25, 0.3) is 0 Å². The van der Waals surface area contributed by atoms with Crippen LogP contribution in [0.1, 0.15) is 24.3 Å². The number of hydrogen-bond acceptors (Lipinski definition) is 3. The third kappa shape index (κ3) is 4.46. The van der Waals surface area contributed by atoms with Crippen molar-refractivity contribution in [1.82, 2.24) is 4.31 Å². The van der Waals surface area contributed by atoms with E-state index in [4.69, 9.17) is 0 Å². The molecule has 0 aromatic heterocycles.